The molecule has 1 saturated heterocycles. The summed E-state index contributed by atoms with van der Waals surface area (Å²) in [5, 5.41) is 8.17. The largest absolute Gasteiger partial charge is 0.659 e. The number of benzene rings is 1. The zero-order valence-corrected chi connectivity index (χ0v) is 12.2. The maximum Gasteiger partial charge on any atom is 0.292 e. The van der Waals surface area contributed by atoms with E-state index in [1.165, 1.54) is 6.20 Å². The minimum absolute atomic E-state index is 0.00964. The molecule has 0 aliphatic carbocycles. The number of rotatable bonds is 2. The van der Waals surface area contributed by atoms with Gasteiger partial charge in [0.1, 0.15) is 16.7 Å². The molecule has 1 fully saturated rings. The van der Waals surface area contributed by atoms with Crippen LogP contribution in [0.4, 0.5) is 14.5 Å². The molecule has 1 aromatic carbocycles. The molecule has 2 aromatic rings. The van der Waals surface area contributed by atoms with E-state index in [-0.39, 0.29) is 10.7 Å². The molecule has 0 amide bonds. The highest BCUT2D eigenvalue weighted by molar-refractivity contribution is 6.33. The van der Waals surface area contributed by atoms with Gasteiger partial charge in [-0.3, -0.25) is 4.79 Å². The number of anilines is 1. The SMILES string of the molecule is O=c1c(Cl)c(N2CC[N-]CC2)cnn1-c1cc(F)cc(F)c1. The lowest BCUT2D eigenvalue weighted by Crippen LogP contribution is -2.36. The fourth-order valence-corrected chi connectivity index (χ4v) is 2.59. The minimum atomic E-state index is -0.790. The summed E-state index contributed by atoms with van der Waals surface area (Å²) < 4.78 is 27.4. The van der Waals surface area contributed by atoms with Gasteiger partial charge < -0.3 is 10.2 Å². The molecule has 0 bridgehead atoms. The first kappa shape index (κ1) is 14.9. The van der Waals surface area contributed by atoms with E-state index < -0.39 is 17.2 Å². The Bertz CT molecular complexity index is 739. The Morgan fingerprint density at radius 1 is 1.14 bits per heavy atom. The van der Waals surface area contributed by atoms with Gasteiger partial charge in [-0.05, 0) is 25.2 Å². The Balaban J connectivity index is 2.04. The van der Waals surface area contributed by atoms with Crippen LogP contribution in [0.15, 0.2) is 29.2 Å². The van der Waals surface area contributed by atoms with Gasteiger partial charge in [-0.2, -0.15) is 9.78 Å². The van der Waals surface area contributed by atoms with Gasteiger partial charge in [-0.1, -0.05) is 11.6 Å². The maximum atomic E-state index is 13.3. The van der Waals surface area contributed by atoms with Crippen LogP contribution in [-0.2, 0) is 0 Å². The molecule has 0 N–H and O–H groups in total. The lowest BCUT2D eigenvalue weighted by molar-refractivity contribution is 0.579. The molecule has 0 radical (unpaired) electrons. The van der Waals surface area contributed by atoms with Crippen LogP contribution in [0.1, 0.15) is 0 Å². The number of aromatic nitrogens is 2. The van der Waals surface area contributed by atoms with Crippen molar-refractivity contribution in [3.63, 3.8) is 0 Å². The number of nitrogens with zero attached hydrogens (tertiary/aromatic N) is 4. The Kier molecular flexibility index (Phi) is 4.08. The second-order valence-corrected chi connectivity index (χ2v) is 5.22. The molecule has 8 heteroatoms. The maximum absolute atomic E-state index is 13.3. The van der Waals surface area contributed by atoms with Crippen LogP contribution in [-0.4, -0.2) is 36.0 Å². The van der Waals surface area contributed by atoms with Crippen molar-refractivity contribution in [3.05, 3.63) is 56.7 Å². The predicted octanol–water partition coefficient (Wildman–Crippen LogP) is 2.36. The molecule has 22 heavy (non-hydrogen) atoms. The van der Waals surface area contributed by atoms with Gasteiger partial charge >= 0.3 is 0 Å². The molecule has 0 atom stereocenters. The quantitative estimate of drug-likeness (QED) is 0.851. The van der Waals surface area contributed by atoms with Crippen LogP contribution in [0, 0.1) is 11.6 Å². The predicted molar refractivity (Wildman–Crippen MR) is 80.1 cm³/mol. The van der Waals surface area contributed by atoms with E-state index >= 15 is 0 Å². The zero-order valence-electron chi connectivity index (χ0n) is 11.5. The standard InChI is InChI=1S/C14H12ClF2N4O/c15-13-12(20-3-1-18-2-4-20)8-19-21(14(13)22)11-6-9(16)5-10(17)7-11/h5-8H,1-4H2/q-1. The van der Waals surface area contributed by atoms with Gasteiger partial charge in [0.25, 0.3) is 5.56 Å². The third-order valence-corrected chi connectivity index (χ3v) is 3.74. The molecule has 3 rings (SSSR count). The molecule has 2 heterocycles. The summed E-state index contributed by atoms with van der Waals surface area (Å²) in [5.74, 6) is -1.58. The first-order valence-electron chi connectivity index (χ1n) is 6.69. The Labute approximate surface area is 130 Å². The van der Waals surface area contributed by atoms with E-state index in [1.54, 1.807) is 0 Å². The van der Waals surface area contributed by atoms with Crippen molar-refractivity contribution >= 4 is 17.3 Å². The fraction of sp³-hybridized carbons (Fsp3) is 0.286. The van der Waals surface area contributed by atoms with Crippen molar-refractivity contribution in [2.75, 3.05) is 31.1 Å². The first-order chi connectivity index (χ1) is 10.6. The second-order valence-electron chi connectivity index (χ2n) is 4.85. The van der Waals surface area contributed by atoms with E-state index in [1.807, 2.05) is 4.90 Å². The summed E-state index contributed by atoms with van der Waals surface area (Å²) in [6, 6.07) is 2.77. The zero-order chi connectivity index (χ0) is 15.7. The van der Waals surface area contributed by atoms with Crippen molar-refractivity contribution in [3.8, 4) is 5.69 Å². The molecule has 1 aliphatic rings. The smallest absolute Gasteiger partial charge is 0.292 e. The van der Waals surface area contributed by atoms with Crippen molar-refractivity contribution in [2.24, 2.45) is 0 Å². The van der Waals surface area contributed by atoms with Gasteiger partial charge in [-0.15, -0.1) is 13.1 Å². The lowest BCUT2D eigenvalue weighted by atomic mass is 10.3. The topological polar surface area (TPSA) is 52.2 Å². The van der Waals surface area contributed by atoms with Crippen molar-refractivity contribution in [2.45, 2.75) is 0 Å². The summed E-state index contributed by atoms with van der Waals surface area (Å²) >= 11 is 6.13. The molecule has 1 aromatic heterocycles. The summed E-state index contributed by atoms with van der Waals surface area (Å²) in [4.78, 5) is 14.2. The fourth-order valence-electron chi connectivity index (χ4n) is 2.34. The first-order valence-corrected chi connectivity index (χ1v) is 7.06. The summed E-state index contributed by atoms with van der Waals surface area (Å²) in [5.41, 5.74) is -0.119. The van der Waals surface area contributed by atoms with Crippen LogP contribution < -0.4 is 10.5 Å². The van der Waals surface area contributed by atoms with Crippen molar-refractivity contribution in [1.82, 2.24) is 9.78 Å². The van der Waals surface area contributed by atoms with E-state index in [0.717, 1.165) is 22.9 Å². The van der Waals surface area contributed by atoms with E-state index in [9.17, 15) is 13.6 Å². The molecular formula is C14H12ClF2N4O-. The second kappa shape index (κ2) is 6.02. The molecular weight excluding hydrogens is 314 g/mol. The normalized spacial score (nSPS) is 15.1. The van der Waals surface area contributed by atoms with Crippen LogP contribution in [0.5, 0.6) is 0 Å². The van der Waals surface area contributed by atoms with Gasteiger partial charge in [0, 0.05) is 6.07 Å². The summed E-state index contributed by atoms with van der Waals surface area (Å²) in [6.07, 6.45) is 1.43. The van der Waals surface area contributed by atoms with E-state index in [0.29, 0.717) is 31.9 Å². The van der Waals surface area contributed by atoms with Gasteiger partial charge in [0.2, 0.25) is 0 Å². The highest BCUT2D eigenvalue weighted by Gasteiger charge is 2.16. The average molecular weight is 326 g/mol. The minimum Gasteiger partial charge on any atom is -0.659 e. The van der Waals surface area contributed by atoms with Crippen molar-refractivity contribution < 1.29 is 8.78 Å². The monoisotopic (exact) mass is 325 g/mol. The number of hydrogen-bond donors (Lipinski definition) is 0. The van der Waals surface area contributed by atoms with Crippen LogP contribution in [0.2, 0.25) is 5.02 Å². The Morgan fingerprint density at radius 3 is 2.41 bits per heavy atom. The average Bonchev–Trinajstić information content (AvgIpc) is 2.50. The molecule has 1 aliphatic heterocycles. The molecule has 5 nitrogen and oxygen atoms in total. The number of halogens is 3. The van der Waals surface area contributed by atoms with Crippen LogP contribution in [0.25, 0.3) is 11.0 Å². The molecule has 116 valence electrons. The van der Waals surface area contributed by atoms with E-state index in [2.05, 4.69) is 10.4 Å². The number of hydrogen-bond acceptors (Lipinski definition) is 3. The van der Waals surface area contributed by atoms with Crippen molar-refractivity contribution in [1.29, 1.82) is 0 Å². The highest BCUT2D eigenvalue weighted by atomic mass is 35.5. The lowest BCUT2D eigenvalue weighted by Gasteiger charge is -2.36. The van der Waals surface area contributed by atoms with Crippen LogP contribution >= 0.6 is 11.6 Å². The number of piperazine rings is 1. The third-order valence-electron chi connectivity index (χ3n) is 3.39. The van der Waals surface area contributed by atoms with Gasteiger partial charge in [0.15, 0.2) is 0 Å². The molecule has 0 unspecified atom stereocenters. The molecule has 0 spiro atoms. The summed E-state index contributed by atoms with van der Waals surface area (Å²) in [7, 11) is 0. The van der Waals surface area contributed by atoms with Gasteiger partial charge in [-0.25, -0.2) is 8.78 Å². The third kappa shape index (κ3) is 2.82. The highest BCUT2D eigenvalue weighted by Crippen LogP contribution is 2.23. The Morgan fingerprint density at radius 2 is 1.77 bits per heavy atom. The summed E-state index contributed by atoms with van der Waals surface area (Å²) in [6.45, 7) is 2.63. The van der Waals surface area contributed by atoms with E-state index in [4.69, 9.17) is 11.6 Å². The van der Waals surface area contributed by atoms with Gasteiger partial charge in [0.05, 0.1) is 17.6 Å². The van der Waals surface area contributed by atoms with Crippen LogP contribution in [0.3, 0.4) is 0 Å². The molecule has 0 saturated carbocycles. The Hall–Kier alpha value is -1.99.